The van der Waals surface area contributed by atoms with E-state index < -0.39 is 0 Å². The summed E-state index contributed by atoms with van der Waals surface area (Å²) < 4.78 is 22.1. The monoisotopic (exact) mass is 647 g/mol. The average molecular weight is 648 g/mol. The van der Waals surface area contributed by atoms with E-state index in [0.29, 0.717) is 0 Å². The van der Waals surface area contributed by atoms with Gasteiger partial charge in [0.1, 0.15) is 34.5 Å². The highest BCUT2D eigenvalue weighted by molar-refractivity contribution is 7.99. The van der Waals surface area contributed by atoms with Gasteiger partial charge in [-0.2, -0.15) is 0 Å². The van der Waals surface area contributed by atoms with E-state index in [-0.39, 0.29) is 6.71 Å². The number of ether oxygens (including phenoxy) is 3. The summed E-state index contributed by atoms with van der Waals surface area (Å²) in [7, 11) is 0. The first kappa shape index (κ1) is 25.9. The van der Waals surface area contributed by atoms with Crippen LogP contribution >= 0.6 is 11.8 Å². The normalized spacial score (nSPS) is 14.0. The summed E-state index contributed by atoms with van der Waals surface area (Å²) in [6, 6.07) is 46.3. The SMILES string of the molecule is c1ccc(-n2c3ccccc3c3nc4c(cc32)Sc2ccccc2N4c2cc3c4c(c2)Oc2cccc5c2B4c2c(cccc2O3)O5)cc1. The van der Waals surface area contributed by atoms with Crippen LogP contribution in [0.1, 0.15) is 0 Å². The largest absolute Gasteiger partial charge is 0.458 e. The summed E-state index contributed by atoms with van der Waals surface area (Å²) in [6.45, 7) is -0.0361. The van der Waals surface area contributed by atoms with Crippen LogP contribution in [-0.4, -0.2) is 16.3 Å². The van der Waals surface area contributed by atoms with Crippen molar-refractivity contribution in [1.29, 1.82) is 0 Å². The zero-order valence-electron chi connectivity index (χ0n) is 25.8. The van der Waals surface area contributed by atoms with E-state index in [9.17, 15) is 0 Å². The molecule has 0 spiro atoms. The number of anilines is 3. The van der Waals surface area contributed by atoms with E-state index >= 15 is 0 Å². The fraction of sp³-hybridized carbons (Fsp3) is 0. The number of aromatic nitrogens is 2. The number of rotatable bonds is 2. The topological polar surface area (TPSA) is 48.8 Å². The Morgan fingerprint density at radius 3 is 1.86 bits per heavy atom. The molecule has 0 saturated carbocycles. The molecule has 0 N–H and O–H groups in total. The van der Waals surface area contributed by atoms with Gasteiger partial charge in [0.2, 0.25) is 0 Å². The fourth-order valence-electron chi connectivity index (χ4n) is 8.09. The molecule has 0 aliphatic carbocycles. The van der Waals surface area contributed by atoms with E-state index in [4.69, 9.17) is 19.2 Å². The molecule has 49 heavy (non-hydrogen) atoms. The molecule has 4 aliphatic rings. The molecule has 0 fully saturated rings. The van der Waals surface area contributed by atoms with Gasteiger partial charge in [-0.1, -0.05) is 72.4 Å². The van der Waals surface area contributed by atoms with E-state index in [1.165, 1.54) is 0 Å². The minimum Gasteiger partial charge on any atom is -0.458 e. The number of nitrogens with zero attached hydrogens (tertiary/aromatic N) is 3. The zero-order valence-corrected chi connectivity index (χ0v) is 26.6. The lowest BCUT2D eigenvalue weighted by Gasteiger charge is -2.38. The fourth-order valence-corrected chi connectivity index (χ4v) is 9.13. The van der Waals surface area contributed by atoms with Crippen LogP contribution in [0.3, 0.4) is 0 Å². The van der Waals surface area contributed by atoms with Gasteiger partial charge in [-0.15, -0.1) is 0 Å². The Morgan fingerprint density at radius 2 is 1.12 bits per heavy atom. The van der Waals surface area contributed by atoms with Gasteiger partial charge in [0.05, 0.1) is 32.8 Å². The van der Waals surface area contributed by atoms with Gasteiger partial charge in [0, 0.05) is 44.5 Å². The second-order valence-corrected chi connectivity index (χ2v) is 13.8. The Bertz CT molecular complexity index is 2690. The minimum atomic E-state index is -0.0361. The maximum Gasteiger partial charge on any atom is 0.270 e. The predicted octanol–water partition coefficient (Wildman–Crippen LogP) is 8.95. The Balaban J connectivity index is 1.12. The van der Waals surface area contributed by atoms with Gasteiger partial charge in [0.15, 0.2) is 5.82 Å². The van der Waals surface area contributed by atoms with E-state index in [2.05, 4.69) is 107 Å². The molecule has 0 atom stereocenters. The molecule has 4 aliphatic heterocycles. The average Bonchev–Trinajstić information content (AvgIpc) is 3.46. The van der Waals surface area contributed by atoms with Crippen molar-refractivity contribution in [3.8, 4) is 40.2 Å². The van der Waals surface area contributed by atoms with Gasteiger partial charge in [-0.25, -0.2) is 4.98 Å². The summed E-state index contributed by atoms with van der Waals surface area (Å²) >= 11 is 1.76. The number of pyridine rings is 1. The Labute approximate surface area is 285 Å². The lowest BCUT2D eigenvalue weighted by molar-refractivity contribution is 0.443. The van der Waals surface area contributed by atoms with Gasteiger partial charge >= 0.3 is 0 Å². The molecule has 228 valence electrons. The Hall–Kier alpha value is -6.12. The third-order valence-electron chi connectivity index (χ3n) is 10.1. The number of hydrogen-bond acceptors (Lipinski definition) is 6. The molecule has 0 saturated heterocycles. The molecule has 6 heterocycles. The number of para-hydroxylation sites is 3. The van der Waals surface area contributed by atoms with Crippen molar-refractivity contribution in [2.45, 2.75) is 9.79 Å². The third-order valence-corrected chi connectivity index (χ3v) is 11.2. The summed E-state index contributed by atoms with van der Waals surface area (Å²) in [5.74, 6) is 5.71. The van der Waals surface area contributed by atoms with Crippen molar-refractivity contribution in [2.75, 3.05) is 4.90 Å². The number of benzene rings is 6. The summed E-state index contributed by atoms with van der Waals surface area (Å²) in [6.07, 6.45) is 0. The van der Waals surface area contributed by atoms with Crippen LogP contribution in [0, 0.1) is 0 Å². The number of fused-ring (bicyclic) bond motifs is 5. The molecule has 6 nitrogen and oxygen atoms in total. The lowest BCUT2D eigenvalue weighted by Crippen LogP contribution is -2.59. The minimum absolute atomic E-state index is 0.0361. The molecule has 6 aromatic carbocycles. The highest BCUT2D eigenvalue weighted by Gasteiger charge is 2.46. The highest BCUT2D eigenvalue weighted by atomic mass is 32.2. The maximum absolute atomic E-state index is 6.72. The smallest absolute Gasteiger partial charge is 0.270 e. The van der Waals surface area contributed by atoms with Crippen LogP contribution in [0.25, 0.3) is 27.6 Å². The van der Waals surface area contributed by atoms with Crippen LogP contribution < -0.4 is 35.5 Å². The van der Waals surface area contributed by atoms with Crippen LogP contribution in [-0.2, 0) is 0 Å². The van der Waals surface area contributed by atoms with Crippen molar-refractivity contribution in [1.82, 2.24) is 9.55 Å². The zero-order chi connectivity index (χ0) is 31.8. The summed E-state index contributed by atoms with van der Waals surface area (Å²) in [5, 5.41) is 1.11. The standard InChI is InChI=1S/C41H22BN3O3S/c1-2-10-23(11-3-1)44-26-13-5-4-12-25(26)40-28(44)22-36-41(43-40)45(27-14-6-7-19-35(27)49-36)24-20-33-39-34(21-24)48-32-18-9-16-30-38(32)42(39)37-29(46-30)15-8-17-31(37)47-33/h1-22H. The van der Waals surface area contributed by atoms with Gasteiger partial charge < -0.3 is 18.8 Å². The molecule has 0 radical (unpaired) electrons. The molecular weight excluding hydrogens is 625 g/mol. The van der Waals surface area contributed by atoms with Crippen molar-refractivity contribution in [3.05, 3.63) is 133 Å². The Morgan fingerprint density at radius 1 is 0.510 bits per heavy atom. The van der Waals surface area contributed by atoms with Crippen molar-refractivity contribution in [2.24, 2.45) is 0 Å². The maximum atomic E-state index is 6.72. The van der Waals surface area contributed by atoms with Crippen LogP contribution in [0.2, 0.25) is 0 Å². The van der Waals surface area contributed by atoms with Gasteiger partial charge in [-0.3, -0.25) is 4.90 Å². The van der Waals surface area contributed by atoms with Crippen molar-refractivity contribution in [3.63, 3.8) is 0 Å². The Kier molecular flexibility index (Phi) is 4.90. The second-order valence-electron chi connectivity index (χ2n) is 12.7. The highest BCUT2D eigenvalue weighted by Crippen LogP contribution is 2.53. The first-order valence-electron chi connectivity index (χ1n) is 16.3. The van der Waals surface area contributed by atoms with Gasteiger partial charge in [0.25, 0.3) is 6.71 Å². The number of hydrogen-bond donors (Lipinski definition) is 0. The lowest BCUT2D eigenvalue weighted by atomic mass is 9.34. The van der Waals surface area contributed by atoms with Crippen LogP contribution in [0.4, 0.5) is 17.2 Å². The summed E-state index contributed by atoms with van der Waals surface area (Å²) in [4.78, 5) is 10.0. The molecular formula is C41H22BN3O3S. The molecule has 8 aromatic rings. The van der Waals surface area contributed by atoms with Crippen molar-refractivity contribution < 1.29 is 14.2 Å². The molecule has 8 heteroatoms. The third kappa shape index (κ3) is 3.41. The molecule has 12 rings (SSSR count). The van der Waals surface area contributed by atoms with E-state index in [0.717, 1.165) is 105 Å². The molecule has 0 amide bonds. The summed E-state index contributed by atoms with van der Waals surface area (Å²) in [5.41, 5.74) is 9.39. The van der Waals surface area contributed by atoms with Crippen molar-refractivity contribution >= 4 is 74.0 Å². The first-order valence-corrected chi connectivity index (χ1v) is 17.1. The second kappa shape index (κ2) is 9.27. The van der Waals surface area contributed by atoms with E-state index in [1.807, 2.05) is 36.4 Å². The molecule has 0 unspecified atom stereocenters. The first-order chi connectivity index (χ1) is 24.3. The molecule has 0 bridgehead atoms. The van der Waals surface area contributed by atoms with Crippen LogP contribution in [0.15, 0.2) is 143 Å². The van der Waals surface area contributed by atoms with E-state index in [1.54, 1.807) is 11.8 Å². The predicted molar refractivity (Wildman–Crippen MR) is 195 cm³/mol. The van der Waals surface area contributed by atoms with Gasteiger partial charge in [-0.05, 0) is 60.7 Å². The van der Waals surface area contributed by atoms with Crippen LogP contribution in [0.5, 0.6) is 34.5 Å². The quantitative estimate of drug-likeness (QED) is 0.175. The molecule has 2 aromatic heterocycles.